The van der Waals surface area contributed by atoms with Crippen LogP contribution in [-0.2, 0) is 4.79 Å². The predicted octanol–water partition coefficient (Wildman–Crippen LogP) is -1.27. The molecule has 0 atom stereocenters. The van der Waals surface area contributed by atoms with Gasteiger partial charge in [0.15, 0.2) is 5.69 Å². The average Bonchev–Trinajstić information content (AvgIpc) is 2.53. The first-order valence-corrected chi connectivity index (χ1v) is 6.62. The Morgan fingerprint density at radius 2 is 2.04 bits per heavy atom. The van der Waals surface area contributed by atoms with E-state index in [9.17, 15) is 14.7 Å². The van der Waals surface area contributed by atoms with Gasteiger partial charge in [0.25, 0.3) is 5.91 Å². The molecule has 24 heavy (non-hydrogen) atoms. The molecule has 0 aliphatic rings. The minimum Gasteiger partial charge on any atom is -0.505 e. The third-order valence-electron chi connectivity index (χ3n) is 3.18. The summed E-state index contributed by atoms with van der Waals surface area (Å²) in [6.07, 6.45) is 1.28. The predicted molar refractivity (Wildman–Crippen MR) is 86.8 cm³/mol. The molecule has 114 valence electrons. The maximum atomic E-state index is 11.7. The lowest BCUT2D eigenvalue weighted by Gasteiger charge is -2.12. The first-order chi connectivity index (χ1) is 11.3. The standard InChI is InChI=1S/C15H9B2N3O4/c16-10-2-1-8(13(17)9(10)4-18)7-3-11(21)14(19-5-7)15(24)20-6-12(22)23/h1-3,5,21H,6H2,(H,20,24)(H,22,23). The molecule has 1 amide bonds. The second-order valence-electron chi connectivity index (χ2n) is 4.77. The molecule has 1 aromatic heterocycles. The fourth-order valence-electron chi connectivity index (χ4n) is 2.03. The Balaban J connectivity index is 2.39. The number of nitrogens with one attached hydrogen (secondary N) is 1. The summed E-state index contributed by atoms with van der Waals surface area (Å²) < 4.78 is 0. The summed E-state index contributed by atoms with van der Waals surface area (Å²) >= 11 is 0. The van der Waals surface area contributed by atoms with Crippen LogP contribution in [0, 0.1) is 11.3 Å². The van der Waals surface area contributed by atoms with Gasteiger partial charge in [0.2, 0.25) is 0 Å². The number of carboxylic acid groups (broad SMARTS) is 1. The zero-order valence-electron chi connectivity index (χ0n) is 12.3. The number of hydrogen-bond acceptors (Lipinski definition) is 5. The highest BCUT2D eigenvalue weighted by Gasteiger charge is 2.16. The van der Waals surface area contributed by atoms with Crippen molar-refractivity contribution in [1.82, 2.24) is 10.3 Å². The van der Waals surface area contributed by atoms with Crippen LogP contribution < -0.4 is 16.2 Å². The molecule has 2 rings (SSSR count). The van der Waals surface area contributed by atoms with Gasteiger partial charge in [-0.15, -0.1) is 0 Å². The third-order valence-corrected chi connectivity index (χ3v) is 3.18. The zero-order chi connectivity index (χ0) is 17.9. The van der Waals surface area contributed by atoms with Gasteiger partial charge in [-0.05, 0) is 11.6 Å². The van der Waals surface area contributed by atoms with Gasteiger partial charge in [0.1, 0.15) is 28.0 Å². The number of pyridine rings is 1. The first kappa shape index (κ1) is 17.1. The quantitative estimate of drug-likeness (QED) is 0.604. The zero-order valence-corrected chi connectivity index (χ0v) is 12.3. The van der Waals surface area contributed by atoms with E-state index in [1.807, 2.05) is 6.07 Å². The number of aliphatic carboxylic acids is 1. The maximum Gasteiger partial charge on any atom is 0.322 e. The topological polar surface area (TPSA) is 123 Å². The highest BCUT2D eigenvalue weighted by atomic mass is 16.4. The van der Waals surface area contributed by atoms with E-state index in [-0.39, 0.29) is 22.2 Å². The van der Waals surface area contributed by atoms with Gasteiger partial charge in [-0.2, -0.15) is 5.26 Å². The Morgan fingerprint density at radius 1 is 1.33 bits per heavy atom. The Bertz CT molecular complexity index is 878. The fourth-order valence-corrected chi connectivity index (χ4v) is 2.03. The number of hydrogen-bond donors (Lipinski definition) is 3. The van der Waals surface area contributed by atoms with Crippen molar-refractivity contribution in [2.24, 2.45) is 0 Å². The van der Waals surface area contributed by atoms with Crippen LogP contribution in [0.15, 0.2) is 24.4 Å². The van der Waals surface area contributed by atoms with Crippen molar-refractivity contribution in [1.29, 1.82) is 5.26 Å². The molecule has 1 aromatic carbocycles. The van der Waals surface area contributed by atoms with Gasteiger partial charge < -0.3 is 15.5 Å². The Kier molecular flexibility index (Phi) is 4.90. The summed E-state index contributed by atoms with van der Waals surface area (Å²) in [6.45, 7) is -0.599. The molecule has 9 heteroatoms. The molecular weight excluding hydrogens is 308 g/mol. The van der Waals surface area contributed by atoms with Crippen molar-refractivity contribution < 1.29 is 19.8 Å². The van der Waals surface area contributed by atoms with E-state index in [1.54, 1.807) is 6.07 Å². The molecule has 0 spiro atoms. The lowest BCUT2D eigenvalue weighted by molar-refractivity contribution is -0.135. The Labute approximate surface area is 139 Å². The van der Waals surface area contributed by atoms with Crippen molar-refractivity contribution in [3.8, 4) is 22.9 Å². The van der Waals surface area contributed by atoms with Crippen LogP contribution in [-0.4, -0.2) is 49.3 Å². The van der Waals surface area contributed by atoms with E-state index in [2.05, 4.69) is 10.3 Å². The number of nitrogens with zero attached hydrogens (tertiary/aromatic N) is 2. The molecule has 7 nitrogen and oxygen atoms in total. The smallest absolute Gasteiger partial charge is 0.322 e. The number of carbonyl (C=O) groups excluding carboxylic acids is 1. The normalized spacial score (nSPS) is 9.96. The Morgan fingerprint density at radius 3 is 2.62 bits per heavy atom. The fraction of sp³-hybridized carbons (Fsp3) is 0.0667. The molecule has 1 heterocycles. The molecule has 0 aliphatic heterocycles. The highest BCUT2D eigenvalue weighted by molar-refractivity contribution is 6.42. The van der Waals surface area contributed by atoms with E-state index in [0.717, 1.165) is 0 Å². The summed E-state index contributed by atoms with van der Waals surface area (Å²) in [5.41, 5.74) is 0.921. The second-order valence-corrected chi connectivity index (χ2v) is 4.77. The number of rotatable bonds is 4. The van der Waals surface area contributed by atoms with E-state index < -0.39 is 24.2 Å². The average molecular weight is 317 g/mol. The van der Waals surface area contributed by atoms with Crippen molar-refractivity contribution in [3.05, 3.63) is 35.7 Å². The lowest BCUT2D eigenvalue weighted by atomic mass is 9.77. The van der Waals surface area contributed by atoms with Crippen LogP contribution in [0.25, 0.3) is 11.1 Å². The molecule has 0 saturated heterocycles. The second kappa shape index (κ2) is 6.87. The van der Waals surface area contributed by atoms with Crippen LogP contribution >= 0.6 is 0 Å². The minimum atomic E-state index is -1.22. The lowest BCUT2D eigenvalue weighted by Crippen LogP contribution is -2.30. The third kappa shape index (κ3) is 3.38. The van der Waals surface area contributed by atoms with Crippen LogP contribution in [0.5, 0.6) is 5.75 Å². The van der Waals surface area contributed by atoms with E-state index >= 15 is 0 Å². The number of aromatic nitrogens is 1. The number of benzene rings is 1. The number of amides is 1. The SMILES string of the molecule is [B]c1ccc(-c2cnc(C(=O)NCC(=O)O)c(O)c2)c([B])c1C#N. The summed E-state index contributed by atoms with van der Waals surface area (Å²) in [5.74, 6) is -2.51. The van der Waals surface area contributed by atoms with E-state index in [4.69, 9.17) is 26.1 Å². The molecule has 0 saturated carbocycles. The summed E-state index contributed by atoms with van der Waals surface area (Å²) in [4.78, 5) is 26.0. The molecular formula is C15H9B2N3O4. The van der Waals surface area contributed by atoms with Gasteiger partial charge in [0.05, 0.1) is 6.07 Å². The van der Waals surface area contributed by atoms with Crippen molar-refractivity contribution in [3.63, 3.8) is 0 Å². The van der Waals surface area contributed by atoms with Crippen LogP contribution in [0.1, 0.15) is 16.1 Å². The molecule has 2 aromatic rings. The van der Waals surface area contributed by atoms with Gasteiger partial charge in [0, 0.05) is 17.3 Å². The van der Waals surface area contributed by atoms with Crippen LogP contribution in [0.4, 0.5) is 0 Å². The summed E-state index contributed by atoms with van der Waals surface area (Å²) in [7, 11) is 11.6. The van der Waals surface area contributed by atoms with Crippen LogP contribution in [0.2, 0.25) is 0 Å². The van der Waals surface area contributed by atoms with Gasteiger partial charge >= 0.3 is 5.97 Å². The molecule has 0 unspecified atom stereocenters. The van der Waals surface area contributed by atoms with Gasteiger partial charge in [-0.1, -0.05) is 23.1 Å². The van der Waals surface area contributed by atoms with Gasteiger partial charge in [-0.25, -0.2) is 4.98 Å². The summed E-state index contributed by atoms with van der Waals surface area (Å²) in [6, 6.07) is 6.19. The minimum absolute atomic E-state index is 0.107. The number of carbonyl (C=O) groups is 2. The van der Waals surface area contributed by atoms with E-state index in [1.165, 1.54) is 18.3 Å². The molecule has 4 radical (unpaired) electrons. The highest BCUT2D eigenvalue weighted by Crippen LogP contribution is 2.23. The Hall–Kier alpha value is -3.27. The molecule has 0 aliphatic carbocycles. The summed E-state index contributed by atoms with van der Waals surface area (Å²) in [5, 5.41) is 29.6. The molecule has 0 fully saturated rings. The number of nitriles is 1. The first-order valence-electron chi connectivity index (χ1n) is 6.62. The maximum absolute atomic E-state index is 11.7. The van der Waals surface area contributed by atoms with Crippen molar-refractivity contribution in [2.45, 2.75) is 0 Å². The van der Waals surface area contributed by atoms with Crippen molar-refractivity contribution >= 4 is 38.5 Å². The molecule has 3 N–H and O–H groups in total. The van der Waals surface area contributed by atoms with Crippen LogP contribution in [0.3, 0.4) is 0 Å². The number of aromatic hydroxyl groups is 1. The molecule has 0 bridgehead atoms. The van der Waals surface area contributed by atoms with Crippen molar-refractivity contribution in [2.75, 3.05) is 6.54 Å². The van der Waals surface area contributed by atoms with Gasteiger partial charge in [-0.3, -0.25) is 9.59 Å². The largest absolute Gasteiger partial charge is 0.505 e. The van der Waals surface area contributed by atoms with E-state index in [0.29, 0.717) is 11.1 Å². The number of carboxylic acids is 1. The monoisotopic (exact) mass is 317 g/mol.